The number of aryl methyl sites for hydroxylation is 1. The molecule has 67 heavy (non-hydrogen) atoms. The first-order chi connectivity index (χ1) is 31.9. The van der Waals surface area contributed by atoms with E-state index in [0.717, 1.165) is 22.3 Å². The SMILES string of the molecule is CCCC(=O)Oc1c(F)c(F)c(F)c(F)c1F.CN(Cc1cc2cc(NC=O)ccc2n1CCC(=O)Oc1c(F)c(F)c(F)c(F)c1F)N(C)C(=O)OCC1c2ccccc2-c2ccccc21. The summed E-state index contributed by atoms with van der Waals surface area (Å²) in [6.45, 7) is 1.64. The number of carbonyl (C=O) groups excluding carboxylic acids is 4. The number of hydrogen-bond donors (Lipinski definition) is 1. The number of halogens is 10. The second-order valence-corrected chi connectivity index (χ2v) is 14.7. The minimum absolute atomic E-state index is 0.0957. The van der Waals surface area contributed by atoms with Gasteiger partial charge in [-0.05, 0) is 52.9 Å². The van der Waals surface area contributed by atoms with E-state index in [1.54, 1.807) is 47.8 Å². The summed E-state index contributed by atoms with van der Waals surface area (Å²) in [6, 6.07) is 22.6. The Balaban J connectivity index is 0.000000368. The molecule has 352 valence electrons. The lowest BCUT2D eigenvalue weighted by molar-refractivity contribution is -0.135. The molecule has 0 saturated heterocycles. The average molecular weight is 947 g/mol. The van der Waals surface area contributed by atoms with Crippen LogP contribution in [-0.4, -0.2) is 59.7 Å². The molecule has 21 heteroatoms. The van der Waals surface area contributed by atoms with Crippen molar-refractivity contribution in [3.8, 4) is 22.6 Å². The molecule has 5 aromatic carbocycles. The number of rotatable bonds is 14. The van der Waals surface area contributed by atoms with Crippen LogP contribution in [0.1, 0.15) is 48.9 Å². The van der Waals surface area contributed by atoms with Crippen molar-refractivity contribution in [2.24, 2.45) is 0 Å². The molecule has 11 nitrogen and oxygen atoms in total. The maximum Gasteiger partial charge on any atom is 0.424 e. The Morgan fingerprint density at radius 3 is 1.63 bits per heavy atom. The molecule has 1 N–H and O–H groups in total. The van der Waals surface area contributed by atoms with E-state index in [0.29, 0.717) is 35.1 Å². The van der Waals surface area contributed by atoms with Crippen molar-refractivity contribution in [3.63, 3.8) is 0 Å². The summed E-state index contributed by atoms with van der Waals surface area (Å²) in [7, 11) is 3.17. The fourth-order valence-electron chi connectivity index (χ4n) is 7.13. The Morgan fingerprint density at radius 1 is 0.657 bits per heavy atom. The summed E-state index contributed by atoms with van der Waals surface area (Å²) in [5, 5.41) is 6.04. The zero-order valence-corrected chi connectivity index (χ0v) is 35.3. The lowest BCUT2D eigenvalue weighted by atomic mass is 9.98. The molecule has 6 aromatic rings. The van der Waals surface area contributed by atoms with Gasteiger partial charge in [-0.2, -0.15) is 17.6 Å². The first kappa shape index (κ1) is 49.0. The summed E-state index contributed by atoms with van der Waals surface area (Å²) < 4.78 is 149. The molecular weight excluding hydrogens is 911 g/mol. The van der Waals surface area contributed by atoms with Gasteiger partial charge in [-0.3, -0.25) is 14.4 Å². The molecule has 2 amide bonds. The lowest BCUT2D eigenvalue weighted by Gasteiger charge is -2.28. The smallest absolute Gasteiger partial charge is 0.424 e. The highest BCUT2D eigenvalue weighted by atomic mass is 19.2. The number of ether oxygens (including phenoxy) is 3. The summed E-state index contributed by atoms with van der Waals surface area (Å²) in [4.78, 5) is 47.8. The average Bonchev–Trinajstić information content (AvgIpc) is 3.83. The number of nitrogens with zero attached hydrogens (tertiary/aromatic N) is 3. The number of hydrazine groups is 1. The quantitative estimate of drug-likeness (QED) is 0.0218. The van der Waals surface area contributed by atoms with Gasteiger partial charge in [0.2, 0.25) is 76.1 Å². The minimum Gasteiger partial charge on any atom is -0.447 e. The molecule has 7 rings (SSSR count). The van der Waals surface area contributed by atoms with Gasteiger partial charge in [0.15, 0.2) is 0 Å². The normalized spacial score (nSPS) is 11.7. The second-order valence-electron chi connectivity index (χ2n) is 14.7. The molecule has 0 unspecified atom stereocenters. The van der Waals surface area contributed by atoms with Crippen LogP contribution in [0.2, 0.25) is 0 Å². The molecule has 0 fully saturated rings. The van der Waals surface area contributed by atoms with Crippen molar-refractivity contribution in [1.29, 1.82) is 0 Å². The van der Waals surface area contributed by atoms with Gasteiger partial charge in [-0.15, -0.1) is 0 Å². The standard InChI is InChI=1S/C36H29F5N4O5.C10H7F5O2/c1-43(44(2)36(48)49-18-27-25-9-5-3-7-23(25)24-8-4-6-10-26(24)27)17-22-16-20-15-21(42-19-46)11-12-28(20)45(22)14-13-29(47)50-35-33(40)31(38)30(37)32(39)34(35)41;1-2-3-4(16)17-10-8(14)6(12)5(11)7(13)9(10)15/h3-12,15-16,19,27H,13-14,17-18H2,1-2H3,(H,42,46);2-3H2,1H3. The van der Waals surface area contributed by atoms with Crippen LogP contribution in [0, 0.1) is 58.2 Å². The topological polar surface area (TPSA) is 119 Å². The van der Waals surface area contributed by atoms with Gasteiger partial charge in [0.25, 0.3) is 0 Å². The van der Waals surface area contributed by atoms with Crippen LogP contribution in [-0.2, 0) is 32.2 Å². The number of carbonyl (C=O) groups is 4. The molecule has 1 heterocycles. The summed E-state index contributed by atoms with van der Waals surface area (Å²) in [5.74, 6) is -28.1. The third-order valence-corrected chi connectivity index (χ3v) is 10.5. The Morgan fingerprint density at radius 2 is 1.13 bits per heavy atom. The summed E-state index contributed by atoms with van der Waals surface area (Å²) >= 11 is 0. The van der Waals surface area contributed by atoms with Crippen LogP contribution in [0.3, 0.4) is 0 Å². The van der Waals surface area contributed by atoms with Crippen molar-refractivity contribution in [2.45, 2.75) is 45.2 Å². The highest BCUT2D eigenvalue weighted by Crippen LogP contribution is 2.44. The first-order valence-corrected chi connectivity index (χ1v) is 20.0. The zero-order chi connectivity index (χ0) is 48.9. The van der Waals surface area contributed by atoms with Crippen LogP contribution in [0.5, 0.6) is 11.5 Å². The molecule has 0 bridgehead atoms. The molecular formula is C46H36F10N4O7. The van der Waals surface area contributed by atoms with Crippen molar-refractivity contribution in [1.82, 2.24) is 14.6 Å². The fourth-order valence-corrected chi connectivity index (χ4v) is 7.13. The predicted molar refractivity (Wildman–Crippen MR) is 219 cm³/mol. The van der Waals surface area contributed by atoms with Gasteiger partial charge in [-0.1, -0.05) is 55.5 Å². The molecule has 0 aliphatic heterocycles. The molecule has 1 aromatic heterocycles. The van der Waals surface area contributed by atoms with Crippen molar-refractivity contribution in [3.05, 3.63) is 148 Å². The van der Waals surface area contributed by atoms with Crippen LogP contribution >= 0.6 is 0 Å². The van der Waals surface area contributed by atoms with E-state index in [9.17, 15) is 63.1 Å². The molecule has 0 spiro atoms. The van der Waals surface area contributed by atoms with Gasteiger partial charge in [0.05, 0.1) is 13.0 Å². The van der Waals surface area contributed by atoms with E-state index in [4.69, 9.17) is 4.74 Å². The number of anilines is 1. The summed E-state index contributed by atoms with van der Waals surface area (Å²) in [5.41, 5.74) is 5.92. The Bertz CT molecular complexity index is 2790. The largest absolute Gasteiger partial charge is 0.447 e. The Hall–Kier alpha value is -7.42. The van der Waals surface area contributed by atoms with E-state index >= 15 is 0 Å². The van der Waals surface area contributed by atoms with Crippen LogP contribution < -0.4 is 14.8 Å². The number of benzene rings is 5. The lowest BCUT2D eigenvalue weighted by Crippen LogP contribution is -2.41. The third-order valence-electron chi connectivity index (χ3n) is 10.5. The Labute approximate surface area is 374 Å². The molecule has 0 atom stereocenters. The Kier molecular flexibility index (Phi) is 15.2. The number of hydrogen-bond acceptors (Lipinski definition) is 8. The van der Waals surface area contributed by atoms with Crippen LogP contribution in [0.4, 0.5) is 54.4 Å². The molecule has 0 saturated carbocycles. The van der Waals surface area contributed by atoms with E-state index < -0.39 is 94.1 Å². The van der Waals surface area contributed by atoms with Crippen LogP contribution in [0.15, 0.2) is 72.8 Å². The van der Waals surface area contributed by atoms with Crippen molar-refractivity contribution < 1.29 is 77.3 Å². The number of aromatic nitrogens is 1. The number of esters is 2. The van der Waals surface area contributed by atoms with Gasteiger partial charge in [0.1, 0.15) is 6.61 Å². The maximum absolute atomic E-state index is 14.1. The first-order valence-electron chi connectivity index (χ1n) is 20.0. The highest BCUT2D eigenvalue weighted by molar-refractivity contribution is 5.87. The fraction of sp³-hybridized carbons (Fsp3) is 0.217. The van der Waals surface area contributed by atoms with E-state index in [1.165, 1.54) is 12.1 Å². The van der Waals surface area contributed by atoms with Gasteiger partial charge in [0, 0.05) is 55.3 Å². The molecule has 0 radical (unpaired) electrons. The minimum atomic E-state index is -2.38. The predicted octanol–water partition coefficient (Wildman–Crippen LogP) is 10.2. The molecule has 1 aliphatic rings. The number of amides is 2. The monoisotopic (exact) mass is 946 g/mol. The van der Waals surface area contributed by atoms with E-state index in [1.807, 2.05) is 48.5 Å². The summed E-state index contributed by atoms with van der Waals surface area (Å²) in [6.07, 6.45) is -0.531. The zero-order valence-electron chi connectivity index (χ0n) is 35.3. The van der Waals surface area contributed by atoms with E-state index in [2.05, 4.69) is 14.8 Å². The van der Waals surface area contributed by atoms with Gasteiger partial charge in [-0.25, -0.2) is 41.2 Å². The van der Waals surface area contributed by atoms with Gasteiger partial charge >= 0.3 is 18.0 Å². The third kappa shape index (κ3) is 10.2. The van der Waals surface area contributed by atoms with Crippen molar-refractivity contribution >= 4 is 41.0 Å². The van der Waals surface area contributed by atoms with Crippen molar-refractivity contribution in [2.75, 3.05) is 26.0 Å². The highest BCUT2D eigenvalue weighted by Gasteiger charge is 2.32. The van der Waals surface area contributed by atoms with E-state index in [-0.39, 0.29) is 32.0 Å². The maximum atomic E-state index is 14.1. The number of fused-ring (bicyclic) bond motifs is 4. The van der Waals surface area contributed by atoms with Gasteiger partial charge < -0.3 is 24.1 Å². The second kappa shape index (κ2) is 20.8. The molecule has 1 aliphatic carbocycles. The number of nitrogens with one attached hydrogen (secondary N) is 1. The van der Waals surface area contributed by atoms with Crippen LogP contribution in [0.25, 0.3) is 22.0 Å².